The molecule has 172 valence electrons. The van der Waals surface area contributed by atoms with Crippen molar-refractivity contribution in [1.29, 1.82) is 0 Å². The Hall–Kier alpha value is -3.85. The van der Waals surface area contributed by atoms with E-state index in [1.165, 1.54) is 12.3 Å². The van der Waals surface area contributed by atoms with E-state index >= 15 is 4.39 Å². The van der Waals surface area contributed by atoms with Gasteiger partial charge in [0.25, 0.3) is 0 Å². The van der Waals surface area contributed by atoms with Gasteiger partial charge in [-0.05, 0) is 65.6 Å². The van der Waals surface area contributed by atoms with Crippen LogP contribution < -0.4 is 10.1 Å². The lowest BCUT2D eigenvalue weighted by molar-refractivity contribution is -0.117. The van der Waals surface area contributed by atoms with Crippen LogP contribution in [-0.4, -0.2) is 38.1 Å². The number of aromatic amines is 1. The maximum absolute atomic E-state index is 15.4. The van der Waals surface area contributed by atoms with Crippen LogP contribution in [0.25, 0.3) is 22.5 Å². The number of benzene rings is 2. The number of pyridine rings is 1. The van der Waals surface area contributed by atoms with E-state index in [4.69, 9.17) is 16.3 Å². The SMILES string of the molecule is CCOc1ccc(-c2c(F)cc(NC(=O)[C@@H]3C[C@H]3c3ccc(Cl)cc3)cc2-c2nnn[nH]2)cn1. The molecule has 0 unspecified atom stereocenters. The number of anilines is 1. The zero-order chi connectivity index (χ0) is 23.7. The van der Waals surface area contributed by atoms with Gasteiger partial charge in [-0.1, -0.05) is 23.7 Å². The summed E-state index contributed by atoms with van der Waals surface area (Å²) in [5.74, 6) is -0.0667. The summed E-state index contributed by atoms with van der Waals surface area (Å²) in [4.78, 5) is 17.1. The molecule has 4 aromatic rings. The van der Waals surface area contributed by atoms with Gasteiger partial charge < -0.3 is 10.1 Å². The summed E-state index contributed by atoms with van der Waals surface area (Å²) in [7, 11) is 0. The van der Waals surface area contributed by atoms with Crippen LogP contribution in [0.3, 0.4) is 0 Å². The average Bonchev–Trinajstić information content (AvgIpc) is 3.44. The second kappa shape index (κ2) is 9.18. The summed E-state index contributed by atoms with van der Waals surface area (Å²) < 4.78 is 20.7. The number of amides is 1. The molecule has 10 heteroatoms. The summed E-state index contributed by atoms with van der Waals surface area (Å²) in [6.07, 6.45) is 2.25. The van der Waals surface area contributed by atoms with Crippen molar-refractivity contribution in [2.24, 2.45) is 5.92 Å². The summed E-state index contributed by atoms with van der Waals surface area (Å²) in [6.45, 7) is 2.33. The van der Waals surface area contributed by atoms with Crippen LogP contribution in [-0.2, 0) is 4.79 Å². The molecule has 5 rings (SSSR count). The number of carbonyl (C=O) groups excluding carboxylic acids is 1. The van der Waals surface area contributed by atoms with E-state index in [1.807, 2.05) is 31.2 Å². The molecule has 1 fully saturated rings. The minimum atomic E-state index is -0.541. The Bertz CT molecular complexity index is 1310. The number of H-pyrrole nitrogens is 1. The van der Waals surface area contributed by atoms with E-state index in [9.17, 15) is 4.79 Å². The van der Waals surface area contributed by atoms with E-state index in [1.54, 1.807) is 18.2 Å². The molecule has 0 spiro atoms. The first-order chi connectivity index (χ1) is 16.5. The number of nitrogens with one attached hydrogen (secondary N) is 2. The van der Waals surface area contributed by atoms with Gasteiger partial charge in [-0.3, -0.25) is 4.79 Å². The van der Waals surface area contributed by atoms with Gasteiger partial charge >= 0.3 is 0 Å². The molecule has 0 saturated heterocycles. The van der Waals surface area contributed by atoms with Gasteiger partial charge in [0.1, 0.15) is 5.82 Å². The number of ether oxygens (including phenoxy) is 1. The summed E-state index contributed by atoms with van der Waals surface area (Å²) in [6, 6.07) is 13.8. The van der Waals surface area contributed by atoms with Crippen LogP contribution in [0.2, 0.25) is 5.02 Å². The van der Waals surface area contributed by atoms with E-state index in [-0.39, 0.29) is 29.1 Å². The highest BCUT2D eigenvalue weighted by Crippen LogP contribution is 2.48. The van der Waals surface area contributed by atoms with E-state index in [0.717, 1.165) is 12.0 Å². The molecule has 1 saturated carbocycles. The largest absolute Gasteiger partial charge is 0.478 e. The maximum Gasteiger partial charge on any atom is 0.228 e. The molecule has 34 heavy (non-hydrogen) atoms. The highest BCUT2D eigenvalue weighted by molar-refractivity contribution is 6.30. The molecule has 2 atom stereocenters. The second-order valence-corrected chi connectivity index (χ2v) is 8.37. The number of aromatic nitrogens is 5. The molecule has 2 N–H and O–H groups in total. The fraction of sp³-hybridized carbons (Fsp3) is 0.208. The number of tetrazole rings is 1. The Morgan fingerprint density at radius 3 is 2.74 bits per heavy atom. The monoisotopic (exact) mass is 478 g/mol. The van der Waals surface area contributed by atoms with Crippen LogP contribution >= 0.6 is 11.6 Å². The Kier molecular flexibility index (Phi) is 5.93. The molecule has 2 aromatic carbocycles. The zero-order valence-corrected chi connectivity index (χ0v) is 18.9. The van der Waals surface area contributed by atoms with E-state index in [0.29, 0.717) is 34.3 Å². The lowest BCUT2D eigenvalue weighted by Crippen LogP contribution is -2.15. The minimum Gasteiger partial charge on any atom is -0.478 e. The molecule has 1 aliphatic rings. The van der Waals surface area contributed by atoms with Crippen molar-refractivity contribution in [2.75, 3.05) is 11.9 Å². The highest BCUT2D eigenvalue weighted by Gasteiger charge is 2.44. The van der Waals surface area contributed by atoms with Gasteiger partial charge in [-0.25, -0.2) is 14.5 Å². The van der Waals surface area contributed by atoms with Gasteiger partial charge in [-0.2, -0.15) is 0 Å². The molecule has 1 amide bonds. The third kappa shape index (κ3) is 4.47. The molecule has 0 radical (unpaired) electrons. The molecule has 2 heterocycles. The number of hydrogen-bond donors (Lipinski definition) is 2. The number of nitrogens with zero attached hydrogens (tertiary/aromatic N) is 4. The van der Waals surface area contributed by atoms with Crippen molar-refractivity contribution in [3.05, 3.63) is 71.1 Å². The molecular weight excluding hydrogens is 459 g/mol. The third-order valence-electron chi connectivity index (χ3n) is 5.70. The van der Waals surface area contributed by atoms with Crippen molar-refractivity contribution in [1.82, 2.24) is 25.6 Å². The summed E-state index contributed by atoms with van der Waals surface area (Å²) >= 11 is 5.95. The topological polar surface area (TPSA) is 106 Å². The number of carbonyl (C=O) groups is 1. The van der Waals surface area contributed by atoms with Crippen LogP contribution in [0.15, 0.2) is 54.7 Å². The summed E-state index contributed by atoms with van der Waals surface area (Å²) in [5.41, 5.74) is 2.56. The van der Waals surface area contributed by atoms with Crippen molar-refractivity contribution in [3.8, 4) is 28.4 Å². The lowest BCUT2D eigenvalue weighted by atomic mass is 9.99. The molecule has 0 bridgehead atoms. The van der Waals surface area contributed by atoms with Crippen LogP contribution in [0.1, 0.15) is 24.8 Å². The fourth-order valence-electron chi connectivity index (χ4n) is 3.99. The maximum atomic E-state index is 15.4. The van der Waals surface area contributed by atoms with Gasteiger partial charge in [0.05, 0.1) is 6.61 Å². The highest BCUT2D eigenvalue weighted by atomic mass is 35.5. The average molecular weight is 479 g/mol. The first-order valence-electron chi connectivity index (χ1n) is 10.8. The smallest absolute Gasteiger partial charge is 0.228 e. The summed E-state index contributed by atoms with van der Waals surface area (Å²) in [5, 5.41) is 17.3. The van der Waals surface area contributed by atoms with Crippen molar-refractivity contribution >= 4 is 23.2 Å². The second-order valence-electron chi connectivity index (χ2n) is 7.94. The quantitative estimate of drug-likeness (QED) is 0.393. The minimum absolute atomic E-state index is 0.120. The molecular formula is C24H20ClFN6O2. The van der Waals surface area contributed by atoms with Crippen LogP contribution in [0, 0.1) is 11.7 Å². The molecule has 8 nitrogen and oxygen atoms in total. The van der Waals surface area contributed by atoms with Gasteiger partial charge in [-0.15, -0.1) is 5.10 Å². The standard InChI is InChI=1S/C24H20ClFN6O2/c1-2-34-21-8-5-14(12-27-21)22-19(23-29-31-32-30-23)9-16(10-20(22)26)28-24(33)18-11-17(18)13-3-6-15(25)7-4-13/h3-10,12,17-18H,2,11H2,1H3,(H,28,33)(H,29,30,31,32)/t17-,18+/m0/s1. The Labute approximate surface area is 199 Å². The predicted molar refractivity (Wildman–Crippen MR) is 125 cm³/mol. The Balaban J connectivity index is 1.42. The van der Waals surface area contributed by atoms with E-state index in [2.05, 4.69) is 30.9 Å². The molecule has 0 aliphatic heterocycles. The fourth-order valence-corrected chi connectivity index (χ4v) is 4.12. The van der Waals surface area contributed by atoms with Crippen molar-refractivity contribution in [2.45, 2.75) is 19.3 Å². The Morgan fingerprint density at radius 1 is 1.24 bits per heavy atom. The first-order valence-corrected chi connectivity index (χ1v) is 11.1. The van der Waals surface area contributed by atoms with E-state index < -0.39 is 5.82 Å². The first kappa shape index (κ1) is 22.0. The lowest BCUT2D eigenvalue weighted by Gasteiger charge is -2.13. The molecule has 2 aromatic heterocycles. The van der Waals surface area contributed by atoms with Crippen LogP contribution in [0.5, 0.6) is 5.88 Å². The Morgan fingerprint density at radius 2 is 2.06 bits per heavy atom. The zero-order valence-electron chi connectivity index (χ0n) is 18.1. The number of halogens is 2. The van der Waals surface area contributed by atoms with Crippen LogP contribution in [0.4, 0.5) is 10.1 Å². The number of rotatable bonds is 7. The normalized spacial score (nSPS) is 16.8. The predicted octanol–water partition coefficient (Wildman–Crippen LogP) is 4.86. The number of hydrogen-bond acceptors (Lipinski definition) is 6. The van der Waals surface area contributed by atoms with Gasteiger partial charge in [0, 0.05) is 45.6 Å². The van der Waals surface area contributed by atoms with Crippen molar-refractivity contribution in [3.63, 3.8) is 0 Å². The van der Waals surface area contributed by atoms with Crippen molar-refractivity contribution < 1.29 is 13.9 Å². The third-order valence-corrected chi connectivity index (χ3v) is 5.95. The van der Waals surface area contributed by atoms with Gasteiger partial charge in [0.2, 0.25) is 11.8 Å². The molecule has 1 aliphatic carbocycles. The van der Waals surface area contributed by atoms with Gasteiger partial charge in [0.15, 0.2) is 5.82 Å².